The Morgan fingerprint density at radius 1 is 1.17 bits per heavy atom. The summed E-state index contributed by atoms with van der Waals surface area (Å²) in [6.07, 6.45) is 7.33. The summed E-state index contributed by atoms with van der Waals surface area (Å²) in [6, 6.07) is 13.7. The van der Waals surface area contributed by atoms with Gasteiger partial charge in [0.15, 0.2) is 0 Å². The van der Waals surface area contributed by atoms with Crippen LogP contribution in [0.4, 0.5) is 4.39 Å². The number of nitrogens with one attached hydrogen (secondary N) is 1. The summed E-state index contributed by atoms with van der Waals surface area (Å²) in [6.45, 7) is 1.87. The molecule has 6 nitrogen and oxygen atoms in total. The van der Waals surface area contributed by atoms with Crippen molar-refractivity contribution in [3.8, 4) is 5.75 Å². The first-order chi connectivity index (χ1) is 17.6. The highest BCUT2D eigenvalue weighted by Crippen LogP contribution is 2.47. The predicted octanol–water partition coefficient (Wildman–Crippen LogP) is 5.01. The van der Waals surface area contributed by atoms with Crippen molar-refractivity contribution in [3.05, 3.63) is 106 Å². The zero-order valence-corrected chi connectivity index (χ0v) is 20.3. The minimum atomic E-state index is -0.745. The molecule has 2 N–H and O–H groups in total. The van der Waals surface area contributed by atoms with Crippen LogP contribution in [0.15, 0.2) is 77.0 Å². The molecule has 3 aromatic rings. The van der Waals surface area contributed by atoms with Gasteiger partial charge in [0.2, 0.25) is 0 Å². The van der Waals surface area contributed by atoms with Crippen LogP contribution in [-0.2, 0) is 17.8 Å². The zero-order valence-electron chi connectivity index (χ0n) is 19.5. The lowest BCUT2D eigenvalue weighted by molar-refractivity contribution is -0.128. The zero-order chi connectivity index (χ0) is 24.6. The summed E-state index contributed by atoms with van der Waals surface area (Å²) >= 11 is 1.53. The molecule has 0 aliphatic carbocycles. The molecule has 2 unspecified atom stereocenters. The molecule has 6 rings (SSSR count). The van der Waals surface area contributed by atoms with E-state index in [0.29, 0.717) is 10.6 Å². The van der Waals surface area contributed by atoms with Gasteiger partial charge < -0.3 is 10.4 Å². The number of phenols is 1. The van der Waals surface area contributed by atoms with Gasteiger partial charge in [0.05, 0.1) is 22.2 Å². The number of pyridine rings is 1. The highest BCUT2D eigenvalue weighted by Gasteiger charge is 2.39. The first kappa shape index (κ1) is 22.9. The van der Waals surface area contributed by atoms with Crippen molar-refractivity contribution in [2.75, 3.05) is 6.54 Å². The second-order valence-corrected chi connectivity index (χ2v) is 10.4. The monoisotopic (exact) mass is 500 g/mol. The van der Waals surface area contributed by atoms with Crippen LogP contribution in [0.2, 0.25) is 0 Å². The molecule has 4 heterocycles. The van der Waals surface area contributed by atoms with Gasteiger partial charge in [-0.2, -0.15) is 5.10 Å². The minimum absolute atomic E-state index is 0.0805. The first-order valence-corrected chi connectivity index (χ1v) is 12.9. The van der Waals surface area contributed by atoms with Gasteiger partial charge >= 0.3 is 0 Å². The maximum Gasteiger partial charge on any atom is 0.280 e. The van der Waals surface area contributed by atoms with Gasteiger partial charge in [-0.25, -0.2) is 9.40 Å². The average Bonchev–Trinajstić information content (AvgIpc) is 3.57. The highest BCUT2D eigenvalue weighted by molar-refractivity contribution is 8.04. The fourth-order valence-corrected chi connectivity index (χ4v) is 6.27. The maximum absolute atomic E-state index is 14.9. The van der Waals surface area contributed by atoms with E-state index in [0.717, 1.165) is 31.5 Å². The second-order valence-electron chi connectivity index (χ2n) is 9.20. The topological polar surface area (TPSA) is 77.8 Å². The molecule has 0 bridgehead atoms. The van der Waals surface area contributed by atoms with Crippen molar-refractivity contribution >= 4 is 23.4 Å². The molecule has 1 amide bonds. The molecule has 2 atom stereocenters. The number of carbonyl (C=O) groups is 1. The maximum atomic E-state index is 14.9. The Morgan fingerprint density at radius 2 is 2.08 bits per heavy atom. The SMILES string of the molecule is O=C(C1=CCC(c2ccc3c(c2)CCNC3)S1)N1N=C(c2cccnc2)CC1c1c(O)cccc1F. The summed E-state index contributed by atoms with van der Waals surface area (Å²) in [5.41, 5.74) is 5.39. The van der Waals surface area contributed by atoms with Crippen molar-refractivity contribution in [1.82, 2.24) is 15.3 Å². The van der Waals surface area contributed by atoms with Crippen molar-refractivity contribution in [2.45, 2.75) is 37.1 Å². The minimum Gasteiger partial charge on any atom is -0.507 e. The predicted molar refractivity (Wildman–Crippen MR) is 138 cm³/mol. The van der Waals surface area contributed by atoms with Gasteiger partial charge in [0.1, 0.15) is 11.6 Å². The van der Waals surface area contributed by atoms with Gasteiger partial charge in [-0.1, -0.05) is 36.4 Å². The fraction of sp³-hybridized carbons (Fsp3) is 0.250. The Labute approximate surface area is 212 Å². The number of aromatic nitrogens is 1. The Bertz CT molecular complexity index is 1370. The van der Waals surface area contributed by atoms with Crippen LogP contribution in [0.3, 0.4) is 0 Å². The number of hydrogen-bond acceptors (Lipinski definition) is 6. The van der Waals surface area contributed by atoms with E-state index in [4.69, 9.17) is 0 Å². The van der Waals surface area contributed by atoms with Gasteiger partial charge in [-0.15, -0.1) is 11.8 Å². The van der Waals surface area contributed by atoms with Gasteiger partial charge in [-0.3, -0.25) is 9.78 Å². The molecule has 0 saturated carbocycles. The quantitative estimate of drug-likeness (QED) is 0.527. The van der Waals surface area contributed by atoms with Crippen LogP contribution in [0, 0.1) is 5.82 Å². The molecule has 0 fully saturated rings. The van der Waals surface area contributed by atoms with Crippen molar-refractivity contribution in [2.24, 2.45) is 5.10 Å². The number of benzene rings is 2. The van der Waals surface area contributed by atoms with E-state index in [1.54, 1.807) is 18.5 Å². The second kappa shape index (κ2) is 9.52. The lowest BCUT2D eigenvalue weighted by Gasteiger charge is -2.24. The molecular formula is C28H25FN4O2S. The number of allylic oxidation sites excluding steroid dienone is 1. The van der Waals surface area contributed by atoms with Crippen LogP contribution in [-0.4, -0.2) is 33.3 Å². The third-order valence-electron chi connectivity index (χ3n) is 6.96. The number of phenolic OH excluding ortho intramolecular Hbond substituents is 1. The molecule has 8 heteroatoms. The molecule has 0 saturated heterocycles. The average molecular weight is 501 g/mol. The smallest absolute Gasteiger partial charge is 0.280 e. The molecule has 3 aliphatic rings. The molecule has 0 radical (unpaired) electrons. The van der Waals surface area contributed by atoms with Gasteiger partial charge in [0.25, 0.3) is 5.91 Å². The normalized spacial score (nSPS) is 21.2. The van der Waals surface area contributed by atoms with E-state index < -0.39 is 11.9 Å². The van der Waals surface area contributed by atoms with E-state index in [9.17, 15) is 14.3 Å². The Balaban J connectivity index is 1.28. The number of rotatable bonds is 4. The number of carbonyl (C=O) groups excluding carboxylic acids is 1. The van der Waals surface area contributed by atoms with Crippen molar-refractivity contribution < 1.29 is 14.3 Å². The molecule has 182 valence electrons. The van der Waals surface area contributed by atoms with Crippen molar-refractivity contribution in [3.63, 3.8) is 0 Å². The van der Waals surface area contributed by atoms with Crippen LogP contribution in [0.1, 0.15) is 52.0 Å². The third-order valence-corrected chi connectivity index (χ3v) is 8.31. The van der Waals surface area contributed by atoms with Crippen molar-refractivity contribution in [1.29, 1.82) is 0 Å². The number of nitrogens with zero attached hydrogens (tertiary/aromatic N) is 3. The van der Waals surface area contributed by atoms with Crippen LogP contribution < -0.4 is 5.32 Å². The van der Waals surface area contributed by atoms with Crippen LogP contribution >= 0.6 is 11.8 Å². The van der Waals surface area contributed by atoms with Crippen LogP contribution in [0.25, 0.3) is 0 Å². The summed E-state index contributed by atoms with van der Waals surface area (Å²) < 4.78 is 14.9. The molecule has 3 aliphatic heterocycles. The summed E-state index contributed by atoms with van der Waals surface area (Å²) in [5.74, 6) is -1.03. The fourth-order valence-electron chi connectivity index (χ4n) is 5.10. The lowest BCUT2D eigenvalue weighted by atomic mass is 9.96. The highest BCUT2D eigenvalue weighted by atomic mass is 32.2. The number of hydrogen-bond donors (Lipinski definition) is 2. The van der Waals surface area contributed by atoms with Gasteiger partial charge in [0, 0.05) is 36.2 Å². The molecule has 0 spiro atoms. The van der Waals surface area contributed by atoms with Gasteiger partial charge in [-0.05, 0) is 54.3 Å². The number of fused-ring (bicyclic) bond motifs is 1. The number of aromatic hydroxyl groups is 1. The molecule has 2 aromatic carbocycles. The summed E-state index contributed by atoms with van der Waals surface area (Å²) in [7, 11) is 0. The number of halogens is 1. The molecular weight excluding hydrogens is 475 g/mol. The summed E-state index contributed by atoms with van der Waals surface area (Å²) in [4.78, 5) is 18.5. The lowest BCUT2D eigenvalue weighted by Crippen LogP contribution is -2.28. The Hall–Kier alpha value is -3.49. The molecule has 36 heavy (non-hydrogen) atoms. The van der Waals surface area contributed by atoms with E-state index >= 15 is 0 Å². The largest absolute Gasteiger partial charge is 0.507 e. The summed E-state index contributed by atoms with van der Waals surface area (Å²) in [5, 5.41) is 20.0. The first-order valence-electron chi connectivity index (χ1n) is 12.1. The van der Waals surface area contributed by atoms with E-state index in [-0.39, 0.29) is 28.9 Å². The van der Waals surface area contributed by atoms with E-state index in [1.165, 1.54) is 51.7 Å². The third kappa shape index (κ3) is 4.20. The number of thioether (sulfide) groups is 1. The Morgan fingerprint density at radius 3 is 2.92 bits per heavy atom. The van der Waals surface area contributed by atoms with Crippen LogP contribution in [0.5, 0.6) is 5.75 Å². The van der Waals surface area contributed by atoms with E-state index in [1.807, 2.05) is 12.1 Å². The standard InChI is InChI=1S/C28H25FN4O2S/c29-21-4-1-5-24(34)27(21)23-14-22(20-3-2-11-30-16-20)32-33(23)28(35)26-9-8-25(36-26)18-6-7-19-15-31-12-10-17(19)13-18/h1-7,9,11,13,16,23,25,31,34H,8,10,12,14-15H2. The van der Waals surface area contributed by atoms with E-state index in [2.05, 4.69) is 33.6 Å². The number of amides is 1. The molecule has 1 aromatic heterocycles. The Kier molecular flexibility index (Phi) is 6.07. The number of hydrazone groups is 1.